The van der Waals surface area contributed by atoms with E-state index in [0.717, 1.165) is 23.4 Å². The van der Waals surface area contributed by atoms with E-state index in [4.69, 9.17) is 17.3 Å². The van der Waals surface area contributed by atoms with Crippen LogP contribution >= 0.6 is 11.6 Å². The first-order chi connectivity index (χ1) is 7.66. The third-order valence-corrected chi connectivity index (χ3v) is 3.01. The monoisotopic (exact) mass is 238 g/mol. The molecule has 1 saturated carbocycles. The summed E-state index contributed by atoms with van der Waals surface area (Å²) in [6.45, 7) is 0.641. The van der Waals surface area contributed by atoms with Crippen LogP contribution in [0.15, 0.2) is 24.3 Å². The molecule has 1 aromatic carbocycles. The Kier molecular flexibility index (Phi) is 3.46. The number of benzene rings is 1. The quantitative estimate of drug-likeness (QED) is 0.832. The first kappa shape index (κ1) is 11.4. The van der Waals surface area contributed by atoms with E-state index in [1.165, 1.54) is 0 Å². The number of nitrogens with two attached hydrogens (primary N) is 1. The van der Waals surface area contributed by atoms with Gasteiger partial charge < -0.3 is 11.1 Å². The smallest absolute Gasteiger partial charge is 0.224 e. The Labute approximate surface area is 100.0 Å². The van der Waals surface area contributed by atoms with Crippen LogP contribution in [0, 0.1) is 5.92 Å². The molecule has 1 aromatic rings. The van der Waals surface area contributed by atoms with E-state index in [9.17, 15) is 4.79 Å². The van der Waals surface area contributed by atoms with Crippen molar-refractivity contribution in [2.75, 3.05) is 6.54 Å². The third-order valence-electron chi connectivity index (χ3n) is 2.78. The molecule has 0 saturated heterocycles. The first-order valence-electron chi connectivity index (χ1n) is 5.44. The van der Waals surface area contributed by atoms with E-state index >= 15 is 0 Å². The molecule has 16 heavy (non-hydrogen) atoms. The molecular weight excluding hydrogens is 224 g/mol. The second kappa shape index (κ2) is 4.85. The van der Waals surface area contributed by atoms with Gasteiger partial charge in [0.05, 0.1) is 5.92 Å². The number of nitrogens with one attached hydrogen (secondary N) is 1. The Morgan fingerprint density at radius 3 is 2.94 bits per heavy atom. The third kappa shape index (κ3) is 2.97. The van der Waals surface area contributed by atoms with Gasteiger partial charge in [0.15, 0.2) is 0 Å². The fourth-order valence-electron chi connectivity index (χ4n) is 1.67. The average Bonchev–Trinajstić information content (AvgIpc) is 2.96. The van der Waals surface area contributed by atoms with Crippen molar-refractivity contribution in [1.82, 2.24) is 5.32 Å². The summed E-state index contributed by atoms with van der Waals surface area (Å²) in [5.41, 5.74) is 6.72. The highest BCUT2D eigenvalue weighted by Crippen LogP contribution is 2.27. The maximum atomic E-state index is 11.5. The van der Waals surface area contributed by atoms with E-state index in [0.29, 0.717) is 6.54 Å². The number of hydrogen-bond donors (Lipinski definition) is 2. The number of amides is 1. The van der Waals surface area contributed by atoms with Crippen LogP contribution in [0.2, 0.25) is 5.02 Å². The Hall–Kier alpha value is -1.06. The summed E-state index contributed by atoms with van der Waals surface area (Å²) < 4.78 is 0. The minimum Gasteiger partial charge on any atom is -0.355 e. The highest BCUT2D eigenvalue weighted by molar-refractivity contribution is 6.30. The minimum atomic E-state index is 0.0411. The summed E-state index contributed by atoms with van der Waals surface area (Å²) in [6, 6.07) is 7.74. The second-order valence-electron chi connectivity index (χ2n) is 4.18. The molecule has 1 fully saturated rings. The minimum absolute atomic E-state index is 0.0411. The van der Waals surface area contributed by atoms with Crippen molar-refractivity contribution in [3.63, 3.8) is 0 Å². The molecule has 2 unspecified atom stereocenters. The van der Waals surface area contributed by atoms with Crippen LogP contribution in [0.3, 0.4) is 0 Å². The van der Waals surface area contributed by atoms with Crippen molar-refractivity contribution in [3.05, 3.63) is 34.9 Å². The molecule has 2 atom stereocenters. The van der Waals surface area contributed by atoms with Crippen LogP contribution in [0.25, 0.3) is 0 Å². The lowest BCUT2D eigenvalue weighted by molar-refractivity contribution is -0.122. The fraction of sp³-hybridized carbons (Fsp3) is 0.417. The van der Waals surface area contributed by atoms with Crippen molar-refractivity contribution in [3.8, 4) is 0 Å². The maximum absolute atomic E-state index is 11.5. The number of hydrogen-bond acceptors (Lipinski definition) is 2. The normalized spacial score (nSPS) is 22.9. The van der Waals surface area contributed by atoms with Crippen LogP contribution < -0.4 is 11.1 Å². The Morgan fingerprint density at radius 2 is 2.31 bits per heavy atom. The molecule has 2 rings (SSSR count). The molecule has 0 aliphatic heterocycles. The summed E-state index contributed by atoms with van der Waals surface area (Å²) >= 11 is 5.86. The second-order valence-corrected chi connectivity index (χ2v) is 4.61. The number of rotatable bonds is 4. The lowest BCUT2D eigenvalue weighted by Gasteiger charge is -2.04. The van der Waals surface area contributed by atoms with Gasteiger partial charge in [-0.05, 0) is 30.5 Å². The Morgan fingerprint density at radius 1 is 1.56 bits per heavy atom. The molecule has 1 aliphatic carbocycles. The SMILES string of the molecule is NC1CC1C(=O)NCCc1cccc(Cl)c1. The Bertz CT molecular complexity index is 394. The van der Waals surface area contributed by atoms with Gasteiger partial charge in [-0.15, -0.1) is 0 Å². The molecule has 3 N–H and O–H groups in total. The van der Waals surface area contributed by atoms with Crippen molar-refractivity contribution < 1.29 is 4.79 Å². The molecule has 0 heterocycles. The molecule has 1 aliphatic rings. The van der Waals surface area contributed by atoms with Gasteiger partial charge in [-0.25, -0.2) is 0 Å². The predicted molar refractivity (Wildman–Crippen MR) is 64.2 cm³/mol. The lowest BCUT2D eigenvalue weighted by atomic mass is 10.1. The summed E-state index contributed by atoms with van der Waals surface area (Å²) in [5.74, 6) is 0.119. The molecular formula is C12H15ClN2O. The van der Waals surface area contributed by atoms with Gasteiger partial charge in [0.1, 0.15) is 0 Å². The average molecular weight is 239 g/mol. The van der Waals surface area contributed by atoms with Gasteiger partial charge in [0, 0.05) is 17.6 Å². The van der Waals surface area contributed by atoms with Crippen LogP contribution in [0.5, 0.6) is 0 Å². The molecule has 0 radical (unpaired) electrons. The zero-order valence-corrected chi connectivity index (χ0v) is 9.70. The standard InChI is InChI=1S/C12H15ClN2O/c13-9-3-1-2-8(6-9)4-5-15-12(16)10-7-11(10)14/h1-3,6,10-11H,4-5,7,14H2,(H,15,16). The largest absolute Gasteiger partial charge is 0.355 e. The zero-order chi connectivity index (χ0) is 11.5. The molecule has 0 spiro atoms. The predicted octanol–water partition coefficient (Wildman–Crippen LogP) is 1.35. The summed E-state index contributed by atoms with van der Waals surface area (Å²) in [4.78, 5) is 11.5. The van der Waals surface area contributed by atoms with Crippen LogP contribution in [0.1, 0.15) is 12.0 Å². The molecule has 86 valence electrons. The van der Waals surface area contributed by atoms with E-state index in [1.54, 1.807) is 0 Å². The number of halogens is 1. The molecule has 0 aromatic heterocycles. The van der Waals surface area contributed by atoms with Gasteiger partial charge in [0.2, 0.25) is 5.91 Å². The van der Waals surface area contributed by atoms with Crippen molar-refractivity contribution in [2.45, 2.75) is 18.9 Å². The molecule has 0 bridgehead atoms. The van der Waals surface area contributed by atoms with Crippen LogP contribution in [-0.2, 0) is 11.2 Å². The Balaban J connectivity index is 1.74. The molecule has 4 heteroatoms. The van der Waals surface area contributed by atoms with E-state index in [1.807, 2.05) is 24.3 Å². The topological polar surface area (TPSA) is 55.1 Å². The van der Waals surface area contributed by atoms with Crippen LogP contribution in [-0.4, -0.2) is 18.5 Å². The van der Waals surface area contributed by atoms with Crippen molar-refractivity contribution >= 4 is 17.5 Å². The van der Waals surface area contributed by atoms with Gasteiger partial charge in [0.25, 0.3) is 0 Å². The molecule has 1 amide bonds. The van der Waals surface area contributed by atoms with E-state index < -0.39 is 0 Å². The van der Waals surface area contributed by atoms with E-state index in [-0.39, 0.29) is 17.9 Å². The number of carbonyl (C=O) groups excluding carboxylic acids is 1. The zero-order valence-electron chi connectivity index (χ0n) is 8.95. The summed E-state index contributed by atoms with van der Waals surface area (Å²) in [6.07, 6.45) is 1.62. The van der Waals surface area contributed by atoms with Crippen LogP contribution in [0.4, 0.5) is 0 Å². The highest BCUT2D eigenvalue weighted by atomic mass is 35.5. The van der Waals surface area contributed by atoms with Gasteiger partial charge in [-0.1, -0.05) is 23.7 Å². The first-order valence-corrected chi connectivity index (χ1v) is 5.82. The van der Waals surface area contributed by atoms with Gasteiger partial charge in [-0.3, -0.25) is 4.79 Å². The van der Waals surface area contributed by atoms with Crippen molar-refractivity contribution in [2.24, 2.45) is 11.7 Å². The van der Waals surface area contributed by atoms with Gasteiger partial charge in [-0.2, -0.15) is 0 Å². The summed E-state index contributed by atoms with van der Waals surface area (Å²) in [7, 11) is 0. The lowest BCUT2D eigenvalue weighted by Crippen LogP contribution is -2.29. The van der Waals surface area contributed by atoms with E-state index in [2.05, 4.69) is 5.32 Å². The highest BCUT2D eigenvalue weighted by Gasteiger charge is 2.39. The molecule has 3 nitrogen and oxygen atoms in total. The summed E-state index contributed by atoms with van der Waals surface area (Å²) in [5, 5.41) is 3.61. The maximum Gasteiger partial charge on any atom is 0.224 e. The fourth-order valence-corrected chi connectivity index (χ4v) is 1.88. The number of carbonyl (C=O) groups is 1. The van der Waals surface area contributed by atoms with Crippen molar-refractivity contribution in [1.29, 1.82) is 0 Å². The van der Waals surface area contributed by atoms with Gasteiger partial charge >= 0.3 is 0 Å².